The highest BCUT2D eigenvalue weighted by atomic mass is 32.2. The lowest BCUT2D eigenvalue weighted by molar-refractivity contribution is 0.350. The van der Waals surface area contributed by atoms with Gasteiger partial charge in [-0.15, -0.1) is 11.8 Å². The van der Waals surface area contributed by atoms with Gasteiger partial charge in [-0.3, -0.25) is 0 Å². The number of hydrogen-bond acceptors (Lipinski definition) is 3. The van der Waals surface area contributed by atoms with Crippen LogP contribution in [0.5, 0.6) is 0 Å². The Morgan fingerprint density at radius 3 is 2.94 bits per heavy atom. The Morgan fingerprint density at radius 2 is 2.22 bits per heavy atom. The van der Waals surface area contributed by atoms with Crippen LogP contribution in [0.2, 0.25) is 0 Å². The SMILES string of the molecule is Cc1occc1SCc1cccc(C#CCO)c1. The van der Waals surface area contributed by atoms with Crippen molar-refractivity contribution in [3.63, 3.8) is 0 Å². The smallest absolute Gasteiger partial charge is 0.114 e. The van der Waals surface area contributed by atoms with E-state index in [2.05, 4.69) is 17.9 Å². The van der Waals surface area contributed by atoms with Crippen molar-refractivity contribution < 1.29 is 9.52 Å². The van der Waals surface area contributed by atoms with Crippen LogP contribution in [0.3, 0.4) is 0 Å². The number of rotatable bonds is 3. The summed E-state index contributed by atoms with van der Waals surface area (Å²) in [6.45, 7) is 1.86. The first kappa shape index (κ1) is 12.8. The molecule has 0 bridgehead atoms. The number of hydrogen-bond donors (Lipinski definition) is 1. The van der Waals surface area contributed by atoms with Gasteiger partial charge in [-0.2, -0.15) is 0 Å². The monoisotopic (exact) mass is 258 g/mol. The number of aliphatic hydroxyl groups is 1. The molecule has 92 valence electrons. The van der Waals surface area contributed by atoms with E-state index in [9.17, 15) is 0 Å². The lowest BCUT2D eigenvalue weighted by atomic mass is 10.1. The Morgan fingerprint density at radius 1 is 1.33 bits per heavy atom. The summed E-state index contributed by atoms with van der Waals surface area (Å²) >= 11 is 1.75. The molecule has 0 saturated carbocycles. The van der Waals surface area contributed by atoms with Gasteiger partial charge in [0.15, 0.2) is 0 Å². The molecule has 0 unspecified atom stereocenters. The number of aryl methyl sites for hydroxylation is 1. The van der Waals surface area contributed by atoms with Gasteiger partial charge in [-0.1, -0.05) is 24.0 Å². The fourth-order valence-corrected chi connectivity index (χ4v) is 2.47. The third kappa shape index (κ3) is 3.43. The minimum absolute atomic E-state index is 0.104. The van der Waals surface area contributed by atoms with Crippen LogP contribution < -0.4 is 0 Å². The van der Waals surface area contributed by atoms with Gasteiger partial charge in [0.25, 0.3) is 0 Å². The molecule has 0 amide bonds. The highest BCUT2D eigenvalue weighted by Crippen LogP contribution is 2.26. The Balaban J connectivity index is 2.03. The molecular weight excluding hydrogens is 244 g/mol. The molecule has 0 fully saturated rings. The van der Waals surface area contributed by atoms with Gasteiger partial charge < -0.3 is 9.52 Å². The summed E-state index contributed by atoms with van der Waals surface area (Å²) in [5.41, 5.74) is 2.15. The van der Waals surface area contributed by atoms with E-state index in [1.54, 1.807) is 18.0 Å². The zero-order chi connectivity index (χ0) is 12.8. The van der Waals surface area contributed by atoms with Crippen molar-refractivity contribution >= 4 is 11.8 Å². The molecule has 0 spiro atoms. The fraction of sp³-hybridized carbons (Fsp3) is 0.200. The number of thioether (sulfide) groups is 1. The van der Waals surface area contributed by atoms with E-state index in [-0.39, 0.29) is 6.61 Å². The zero-order valence-electron chi connectivity index (χ0n) is 10.1. The average Bonchev–Trinajstić information content (AvgIpc) is 2.80. The number of benzene rings is 1. The summed E-state index contributed by atoms with van der Waals surface area (Å²) in [4.78, 5) is 1.17. The molecular formula is C15H14O2S. The maximum Gasteiger partial charge on any atom is 0.114 e. The first-order valence-electron chi connectivity index (χ1n) is 5.65. The molecule has 0 aliphatic rings. The molecule has 18 heavy (non-hydrogen) atoms. The third-order valence-electron chi connectivity index (χ3n) is 2.44. The van der Waals surface area contributed by atoms with Crippen molar-refractivity contribution in [3.05, 3.63) is 53.5 Å². The second-order valence-corrected chi connectivity index (χ2v) is 4.81. The van der Waals surface area contributed by atoms with Crippen LogP contribution in [0.4, 0.5) is 0 Å². The van der Waals surface area contributed by atoms with E-state index in [4.69, 9.17) is 9.52 Å². The van der Waals surface area contributed by atoms with E-state index < -0.39 is 0 Å². The van der Waals surface area contributed by atoms with Gasteiger partial charge in [0, 0.05) is 16.2 Å². The third-order valence-corrected chi connectivity index (χ3v) is 3.66. The van der Waals surface area contributed by atoms with Gasteiger partial charge >= 0.3 is 0 Å². The Hall–Kier alpha value is -1.63. The van der Waals surface area contributed by atoms with Crippen molar-refractivity contribution in [2.45, 2.75) is 17.6 Å². The van der Waals surface area contributed by atoms with E-state index in [1.807, 2.05) is 31.2 Å². The van der Waals surface area contributed by atoms with Crippen LogP contribution in [0, 0.1) is 18.8 Å². The summed E-state index contributed by atoms with van der Waals surface area (Å²) in [6.07, 6.45) is 1.71. The standard InChI is InChI=1S/C15H14O2S/c1-12-15(7-9-17-12)18-11-14-5-2-4-13(10-14)6-3-8-16/h2,4-5,7,9-10,16H,8,11H2,1H3. The summed E-state index contributed by atoms with van der Waals surface area (Å²) < 4.78 is 5.26. The first-order valence-corrected chi connectivity index (χ1v) is 6.63. The molecule has 0 aliphatic carbocycles. The van der Waals surface area contributed by atoms with Crippen molar-refractivity contribution in [3.8, 4) is 11.8 Å². The predicted molar refractivity (Wildman–Crippen MR) is 73.4 cm³/mol. The Bertz CT molecular complexity index is 575. The fourth-order valence-electron chi connectivity index (χ4n) is 1.56. The quantitative estimate of drug-likeness (QED) is 0.678. The summed E-state index contributed by atoms with van der Waals surface area (Å²) in [7, 11) is 0. The van der Waals surface area contributed by atoms with E-state index in [0.717, 1.165) is 17.1 Å². The lowest BCUT2D eigenvalue weighted by Crippen LogP contribution is -1.83. The molecule has 0 aliphatic heterocycles. The van der Waals surface area contributed by atoms with Gasteiger partial charge in [-0.05, 0) is 30.7 Å². The molecule has 3 heteroatoms. The molecule has 2 rings (SSSR count). The molecule has 0 radical (unpaired) electrons. The maximum atomic E-state index is 8.67. The predicted octanol–water partition coefficient (Wildman–Crippen LogP) is 3.22. The van der Waals surface area contributed by atoms with Crippen molar-refractivity contribution in [2.75, 3.05) is 6.61 Å². The van der Waals surface area contributed by atoms with Crippen molar-refractivity contribution in [1.29, 1.82) is 0 Å². The van der Waals surface area contributed by atoms with Crippen LogP contribution in [0.25, 0.3) is 0 Å². The largest absolute Gasteiger partial charge is 0.468 e. The molecule has 2 nitrogen and oxygen atoms in total. The number of aliphatic hydroxyl groups excluding tert-OH is 1. The maximum absolute atomic E-state index is 8.67. The van der Waals surface area contributed by atoms with E-state index >= 15 is 0 Å². The topological polar surface area (TPSA) is 33.4 Å². The van der Waals surface area contributed by atoms with Crippen LogP contribution in [-0.4, -0.2) is 11.7 Å². The van der Waals surface area contributed by atoms with Crippen LogP contribution >= 0.6 is 11.8 Å². The van der Waals surface area contributed by atoms with Crippen LogP contribution in [-0.2, 0) is 5.75 Å². The molecule has 1 aromatic carbocycles. The average molecular weight is 258 g/mol. The molecule has 2 aromatic rings. The van der Waals surface area contributed by atoms with Gasteiger partial charge in [0.05, 0.1) is 6.26 Å². The van der Waals surface area contributed by atoms with Crippen LogP contribution in [0.15, 0.2) is 45.9 Å². The van der Waals surface area contributed by atoms with E-state index in [1.165, 1.54) is 10.5 Å². The minimum Gasteiger partial charge on any atom is -0.468 e. The van der Waals surface area contributed by atoms with E-state index in [0.29, 0.717) is 0 Å². The minimum atomic E-state index is -0.104. The van der Waals surface area contributed by atoms with Crippen LogP contribution in [0.1, 0.15) is 16.9 Å². The summed E-state index contributed by atoms with van der Waals surface area (Å²) in [5.74, 6) is 7.40. The summed E-state index contributed by atoms with van der Waals surface area (Å²) in [5, 5.41) is 8.67. The Labute approximate surface area is 111 Å². The lowest BCUT2D eigenvalue weighted by Gasteiger charge is -2.01. The van der Waals surface area contributed by atoms with Crippen molar-refractivity contribution in [1.82, 2.24) is 0 Å². The highest BCUT2D eigenvalue weighted by Gasteiger charge is 2.02. The van der Waals surface area contributed by atoms with Crippen molar-refractivity contribution in [2.24, 2.45) is 0 Å². The Kier molecular flexibility index (Phi) is 4.52. The molecule has 0 atom stereocenters. The first-order chi connectivity index (χ1) is 8.79. The molecule has 0 saturated heterocycles. The van der Waals surface area contributed by atoms with Gasteiger partial charge in [-0.25, -0.2) is 0 Å². The molecule has 1 heterocycles. The normalized spacial score (nSPS) is 9.89. The second kappa shape index (κ2) is 6.34. The second-order valence-electron chi connectivity index (χ2n) is 3.79. The number of furan rings is 1. The molecule has 1 aromatic heterocycles. The zero-order valence-corrected chi connectivity index (χ0v) is 11.0. The van der Waals surface area contributed by atoms with Gasteiger partial charge in [0.2, 0.25) is 0 Å². The summed E-state index contributed by atoms with van der Waals surface area (Å²) in [6, 6.07) is 10.0. The highest BCUT2D eigenvalue weighted by molar-refractivity contribution is 7.98. The van der Waals surface area contributed by atoms with Gasteiger partial charge in [0.1, 0.15) is 12.4 Å². The molecule has 1 N–H and O–H groups in total.